The van der Waals surface area contributed by atoms with Crippen molar-refractivity contribution in [1.82, 2.24) is 14.9 Å². The zero-order valence-electron chi connectivity index (χ0n) is 14.5. The number of carbonyl (C=O) groups excluding carboxylic acids is 1. The maximum atomic E-state index is 13.0. The van der Waals surface area contributed by atoms with Crippen LogP contribution in [0.3, 0.4) is 0 Å². The predicted molar refractivity (Wildman–Crippen MR) is 91.5 cm³/mol. The lowest BCUT2D eigenvalue weighted by molar-refractivity contribution is 0.0637. The van der Waals surface area contributed by atoms with Crippen molar-refractivity contribution < 1.29 is 13.9 Å². The average Bonchev–Trinajstić information content (AvgIpc) is 3.11. The molecule has 1 amide bonds. The second-order valence-electron chi connectivity index (χ2n) is 6.51. The first-order valence-corrected chi connectivity index (χ1v) is 8.63. The van der Waals surface area contributed by atoms with Gasteiger partial charge in [-0.25, -0.2) is 9.97 Å². The first-order chi connectivity index (χ1) is 12.7. The molecule has 2 aliphatic rings. The monoisotopic (exact) mass is 353 g/mol. The molecule has 4 rings (SSSR count). The molecule has 4 heterocycles. The number of carbonyl (C=O) groups is 1. The van der Waals surface area contributed by atoms with Gasteiger partial charge in [-0.1, -0.05) is 0 Å². The minimum Gasteiger partial charge on any atom is -0.458 e. The molecule has 8 heteroatoms. The minimum absolute atomic E-state index is 0.0367. The van der Waals surface area contributed by atoms with E-state index in [1.807, 2.05) is 16.7 Å². The smallest absolute Gasteiger partial charge is 0.290 e. The SMILES string of the molecule is CC1CN(c2nccnc2C#N)CCN1C(=O)c1occ2c1CCOC2. The highest BCUT2D eigenvalue weighted by Crippen LogP contribution is 2.26. The number of amides is 1. The Kier molecular flexibility index (Phi) is 4.31. The molecule has 0 bridgehead atoms. The molecule has 2 aliphatic heterocycles. The molecule has 1 atom stereocenters. The van der Waals surface area contributed by atoms with E-state index < -0.39 is 0 Å². The fraction of sp³-hybridized carbons (Fsp3) is 0.444. The number of ether oxygens (including phenoxy) is 1. The highest BCUT2D eigenvalue weighted by Gasteiger charge is 2.33. The Hall–Kier alpha value is -2.92. The summed E-state index contributed by atoms with van der Waals surface area (Å²) < 4.78 is 11.0. The largest absolute Gasteiger partial charge is 0.458 e. The molecule has 2 aromatic rings. The predicted octanol–water partition coefficient (Wildman–Crippen LogP) is 1.36. The fourth-order valence-electron chi connectivity index (χ4n) is 3.57. The molecule has 8 nitrogen and oxygen atoms in total. The van der Waals surface area contributed by atoms with Crippen LogP contribution in [0.5, 0.6) is 0 Å². The molecule has 0 saturated carbocycles. The van der Waals surface area contributed by atoms with Crippen LogP contribution in [0.25, 0.3) is 0 Å². The lowest BCUT2D eigenvalue weighted by Gasteiger charge is -2.40. The number of nitrogens with zero attached hydrogens (tertiary/aromatic N) is 5. The van der Waals surface area contributed by atoms with Gasteiger partial charge in [-0.2, -0.15) is 5.26 Å². The van der Waals surface area contributed by atoms with Crippen molar-refractivity contribution in [3.63, 3.8) is 0 Å². The molecule has 26 heavy (non-hydrogen) atoms. The highest BCUT2D eigenvalue weighted by atomic mass is 16.5. The van der Waals surface area contributed by atoms with Gasteiger partial charge < -0.3 is 19.0 Å². The summed E-state index contributed by atoms with van der Waals surface area (Å²) in [6.45, 7) is 4.82. The number of aromatic nitrogens is 2. The van der Waals surface area contributed by atoms with E-state index in [1.165, 1.54) is 6.20 Å². The van der Waals surface area contributed by atoms with Crippen molar-refractivity contribution in [2.45, 2.75) is 26.0 Å². The summed E-state index contributed by atoms with van der Waals surface area (Å²) in [5.74, 6) is 0.919. The van der Waals surface area contributed by atoms with Crippen LogP contribution in [0, 0.1) is 11.3 Å². The van der Waals surface area contributed by atoms with E-state index in [0.29, 0.717) is 56.5 Å². The topological polar surface area (TPSA) is 95.5 Å². The highest BCUT2D eigenvalue weighted by molar-refractivity contribution is 5.93. The van der Waals surface area contributed by atoms with Crippen LogP contribution in [0.4, 0.5) is 5.82 Å². The Bertz CT molecular complexity index is 872. The van der Waals surface area contributed by atoms with Gasteiger partial charge in [0.25, 0.3) is 5.91 Å². The number of nitriles is 1. The molecular formula is C18H19N5O3. The van der Waals surface area contributed by atoms with E-state index in [4.69, 9.17) is 9.15 Å². The van der Waals surface area contributed by atoms with Gasteiger partial charge in [-0.05, 0) is 6.92 Å². The van der Waals surface area contributed by atoms with Gasteiger partial charge >= 0.3 is 0 Å². The number of rotatable bonds is 2. The molecule has 0 aromatic carbocycles. The Morgan fingerprint density at radius 3 is 3.00 bits per heavy atom. The van der Waals surface area contributed by atoms with Gasteiger partial charge in [0.2, 0.25) is 0 Å². The first kappa shape index (κ1) is 16.5. The van der Waals surface area contributed by atoms with Crippen LogP contribution >= 0.6 is 0 Å². The number of hydrogen-bond acceptors (Lipinski definition) is 7. The van der Waals surface area contributed by atoms with E-state index in [1.54, 1.807) is 12.5 Å². The third kappa shape index (κ3) is 2.80. The lowest BCUT2D eigenvalue weighted by Crippen LogP contribution is -2.54. The van der Waals surface area contributed by atoms with Gasteiger partial charge in [0.15, 0.2) is 17.3 Å². The van der Waals surface area contributed by atoms with Crippen LogP contribution in [-0.2, 0) is 17.8 Å². The van der Waals surface area contributed by atoms with Crippen molar-refractivity contribution in [3.05, 3.63) is 41.2 Å². The van der Waals surface area contributed by atoms with Crippen molar-refractivity contribution in [1.29, 1.82) is 5.26 Å². The van der Waals surface area contributed by atoms with Crippen LogP contribution in [-0.4, -0.2) is 53.1 Å². The number of piperazine rings is 1. The standard InChI is InChI=1S/C18H19N5O3/c1-12-9-22(17-15(8-19)20-3-4-21-17)5-6-23(12)18(24)16-14-2-7-25-10-13(14)11-26-16/h3-4,11-12H,2,5-7,9-10H2,1H3. The molecule has 0 aliphatic carbocycles. The van der Waals surface area contributed by atoms with Crippen molar-refractivity contribution in [2.75, 3.05) is 31.1 Å². The van der Waals surface area contributed by atoms with E-state index in [2.05, 4.69) is 16.0 Å². The van der Waals surface area contributed by atoms with Crippen molar-refractivity contribution in [2.24, 2.45) is 0 Å². The van der Waals surface area contributed by atoms with Crippen LogP contribution in [0.2, 0.25) is 0 Å². The average molecular weight is 353 g/mol. The second-order valence-corrected chi connectivity index (χ2v) is 6.51. The van der Waals surface area contributed by atoms with E-state index in [0.717, 1.165) is 11.1 Å². The Balaban J connectivity index is 1.52. The first-order valence-electron chi connectivity index (χ1n) is 8.63. The number of hydrogen-bond donors (Lipinski definition) is 0. The summed E-state index contributed by atoms with van der Waals surface area (Å²) in [6.07, 6.45) is 5.42. The van der Waals surface area contributed by atoms with Gasteiger partial charge in [0.05, 0.1) is 19.5 Å². The summed E-state index contributed by atoms with van der Waals surface area (Å²) >= 11 is 0. The molecule has 0 spiro atoms. The Labute approximate surface area is 151 Å². The van der Waals surface area contributed by atoms with Crippen LogP contribution in [0.1, 0.15) is 34.3 Å². The zero-order valence-corrected chi connectivity index (χ0v) is 14.5. The van der Waals surface area contributed by atoms with Gasteiger partial charge in [0, 0.05) is 55.6 Å². The van der Waals surface area contributed by atoms with Gasteiger partial charge in [0.1, 0.15) is 6.07 Å². The molecular weight excluding hydrogens is 334 g/mol. The maximum absolute atomic E-state index is 13.0. The third-order valence-electron chi connectivity index (χ3n) is 4.90. The molecule has 0 N–H and O–H groups in total. The van der Waals surface area contributed by atoms with E-state index in [-0.39, 0.29) is 11.9 Å². The number of anilines is 1. The third-order valence-corrected chi connectivity index (χ3v) is 4.90. The number of furan rings is 1. The molecule has 134 valence electrons. The summed E-state index contributed by atoms with van der Waals surface area (Å²) in [5, 5.41) is 9.23. The zero-order chi connectivity index (χ0) is 18.1. The molecule has 1 saturated heterocycles. The Morgan fingerprint density at radius 1 is 1.35 bits per heavy atom. The summed E-state index contributed by atoms with van der Waals surface area (Å²) in [4.78, 5) is 25.2. The second kappa shape index (κ2) is 6.77. The molecule has 1 unspecified atom stereocenters. The Morgan fingerprint density at radius 2 is 2.19 bits per heavy atom. The summed E-state index contributed by atoms with van der Waals surface area (Å²) in [5.41, 5.74) is 2.24. The molecule has 2 aromatic heterocycles. The van der Waals surface area contributed by atoms with Gasteiger partial charge in [-0.3, -0.25) is 4.79 Å². The van der Waals surface area contributed by atoms with Crippen LogP contribution in [0.15, 0.2) is 23.1 Å². The van der Waals surface area contributed by atoms with Crippen molar-refractivity contribution in [3.8, 4) is 6.07 Å². The maximum Gasteiger partial charge on any atom is 0.290 e. The molecule has 0 radical (unpaired) electrons. The van der Waals surface area contributed by atoms with Crippen molar-refractivity contribution >= 4 is 11.7 Å². The summed E-state index contributed by atoms with van der Waals surface area (Å²) in [7, 11) is 0. The fourth-order valence-corrected chi connectivity index (χ4v) is 3.57. The summed E-state index contributed by atoms with van der Waals surface area (Å²) in [6, 6.07) is 2.04. The molecule has 1 fully saturated rings. The lowest BCUT2D eigenvalue weighted by atomic mass is 10.0. The number of fused-ring (bicyclic) bond motifs is 1. The van der Waals surface area contributed by atoms with Crippen LogP contribution < -0.4 is 4.90 Å². The normalized spacial score (nSPS) is 19.8. The van der Waals surface area contributed by atoms with E-state index >= 15 is 0 Å². The minimum atomic E-state index is -0.0834. The van der Waals surface area contributed by atoms with Gasteiger partial charge in [-0.15, -0.1) is 0 Å². The van der Waals surface area contributed by atoms with E-state index in [9.17, 15) is 10.1 Å². The quantitative estimate of drug-likeness (QED) is 0.804.